The molecule has 3 N–H and O–H groups in total. The number of carboxylic acids is 1. The molecule has 0 fully saturated rings. The van der Waals surface area contributed by atoms with Gasteiger partial charge in [0.2, 0.25) is 0 Å². The van der Waals surface area contributed by atoms with Crippen molar-refractivity contribution in [3.05, 3.63) is 29.3 Å². The number of nitrogen functional groups attached to an aromatic ring is 1. The first-order valence-electron chi connectivity index (χ1n) is 4.14. The number of carboxylic acid groups (broad SMARTS) is 1. The van der Waals surface area contributed by atoms with Crippen molar-refractivity contribution in [1.29, 1.82) is 5.26 Å². The molecule has 0 unspecified atom stereocenters. The van der Waals surface area contributed by atoms with Gasteiger partial charge in [-0.15, -0.1) is 0 Å². The molecular formula is C10H10N2O2. The van der Waals surface area contributed by atoms with E-state index in [9.17, 15) is 4.79 Å². The molecule has 0 radical (unpaired) electrons. The van der Waals surface area contributed by atoms with Crippen LogP contribution in [-0.2, 0) is 6.42 Å². The Morgan fingerprint density at radius 1 is 1.57 bits per heavy atom. The zero-order valence-electron chi connectivity index (χ0n) is 7.53. The first kappa shape index (κ1) is 10.1. The lowest BCUT2D eigenvalue weighted by atomic mass is 10.0. The molecule has 4 heteroatoms. The predicted molar refractivity (Wildman–Crippen MR) is 51.7 cm³/mol. The molecule has 1 rings (SSSR count). The van der Waals surface area contributed by atoms with Crippen molar-refractivity contribution in [2.45, 2.75) is 12.8 Å². The van der Waals surface area contributed by atoms with Crippen molar-refractivity contribution >= 4 is 11.7 Å². The van der Waals surface area contributed by atoms with Crippen LogP contribution in [0.25, 0.3) is 0 Å². The minimum absolute atomic E-state index is 0.114. The molecule has 0 saturated heterocycles. The molecule has 0 bridgehead atoms. The zero-order chi connectivity index (χ0) is 10.6. The molecule has 0 aromatic heterocycles. The molecule has 4 nitrogen and oxygen atoms in total. The molecule has 0 heterocycles. The number of hydrogen-bond donors (Lipinski definition) is 2. The van der Waals surface area contributed by atoms with Crippen LogP contribution in [0.5, 0.6) is 0 Å². The van der Waals surface area contributed by atoms with E-state index < -0.39 is 5.97 Å². The minimum Gasteiger partial charge on any atom is -0.478 e. The summed E-state index contributed by atoms with van der Waals surface area (Å²) in [4.78, 5) is 10.8. The Balaban J connectivity index is 3.09. The predicted octanol–water partition coefficient (Wildman–Crippen LogP) is 1.42. The SMILES string of the molecule is N#CCCc1cccc(N)c1C(=O)O. The zero-order valence-corrected chi connectivity index (χ0v) is 7.53. The number of hydrogen-bond acceptors (Lipinski definition) is 3. The van der Waals surface area contributed by atoms with E-state index in [1.165, 1.54) is 0 Å². The molecule has 0 aliphatic carbocycles. The largest absolute Gasteiger partial charge is 0.478 e. The van der Waals surface area contributed by atoms with Crippen LogP contribution in [0.3, 0.4) is 0 Å². The smallest absolute Gasteiger partial charge is 0.338 e. The highest BCUT2D eigenvalue weighted by Crippen LogP contribution is 2.18. The van der Waals surface area contributed by atoms with E-state index in [0.717, 1.165) is 0 Å². The van der Waals surface area contributed by atoms with Crippen LogP contribution >= 0.6 is 0 Å². The highest BCUT2D eigenvalue weighted by atomic mass is 16.4. The van der Waals surface area contributed by atoms with E-state index >= 15 is 0 Å². The molecule has 0 aliphatic rings. The topological polar surface area (TPSA) is 87.1 Å². The van der Waals surface area contributed by atoms with Crippen LogP contribution in [0.15, 0.2) is 18.2 Å². The summed E-state index contributed by atoms with van der Waals surface area (Å²) in [6.45, 7) is 0. The van der Waals surface area contributed by atoms with Crippen LogP contribution in [0.4, 0.5) is 5.69 Å². The summed E-state index contributed by atoms with van der Waals surface area (Å²) >= 11 is 0. The maximum atomic E-state index is 10.8. The minimum atomic E-state index is -1.05. The van der Waals surface area contributed by atoms with Gasteiger partial charge in [0.25, 0.3) is 0 Å². The van der Waals surface area contributed by atoms with Gasteiger partial charge in [0.15, 0.2) is 0 Å². The van der Waals surface area contributed by atoms with Gasteiger partial charge >= 0.3 is 5.97 Å². The third kappa shape index (κ3) is 2.02. The van der Waals surface area contributed by atoms with Crippen molar-refractivity contribution in [1.82, 2.24) is 0 Å². The molecule has 1 aromatic rings. The lowest BCUT2D eigenvalue weighted by Gasteiger charge is -2.06. The van der Waals surface area contributed by atoms with Gasteiger partial charge in [-0.2, -0.15) is 5.26 Å². The molecular weight excluding hydrogens is 180 g/mol. The van der Waals surface area contributed by atoms with Gasteiger partial charge in [-0.1, -0.05) is 12.1 Å². The fourth-order valence-corrected chi connectivity index (χ4v) is 1.28. The van der Waals surface area contributed by atoms with E-state index in [0.29, 0.717) is 18.4 Å². The van der Waals surface area contributed by atoms with Gasteiger partial charge in [-0.25, -0.2) is 4.79 Å². The lowest BCUT2D eigenvalue weighted by molar-refractivity contribution is 0.0697. The number of nitrogens with zero attached hydrogens (tertiary/aromatic N) is 1. The maximum Gasteiger partial charge on any atom is 0.338 e. The van der Waals surface area contributed by atoms with Crippen LogP contribution in [-0.4, -0.2) is 11.1 Å². The second kappa shape index (κ2) is 4.28. The van der Waals surface area contributed by atoms with E-state index in [1.54, 1.807) is 18.2 Å². The number of aromatic carboxylic acids is 1. The maximum absolute atomic E-state index is 10.8. The fourth-order valence-electron chi connectivity index (χ4n) is 1.28. The molecule has 72 valence electrons. The Labute approximate surface area is 81.6 Å². The van der Waals surface area contributed by atoms with Crippen molar-refractivity contribution in [3.63, 3.8) is 0 Å². The quantitative estimate of drug-likeness (QED) is 0.705. The van der Waals surface area contributed by atoms with E-state index in [2.05, 4.69) is 0 Å². The fraction of sp³-hybridized carbons (Fsp3) is 0.200. The summed E-state index contributed by atoms with van der Waals surface area (Å²) in [6.07, 6.45) is 0.715. The van der Waals surface area contributed by atoms with Crippen LogP contribution in [0.1, 0.15) is 22.3 Å². The second-order valence-electron chi connectivity index (χ2n) is 2.84. The molecule has 0 aliphatic heterocycles. The summed E-state index contributed by atoms with van der Waals surface area (Å²) in [5, 5.41) is 17.3. The van der Waals surface area contributed by atoms with Gasteiger partial charge < -0.3 is 10.8 Å². The van der Waals surface area contributed by atoms with Crippen LogP contribution < -0.4 is 5.73 Å². The molecule has 0 spiro atoms. The Bertz CT molecular complexity index is 394. The number of rotatable bonds is 3. The van der Waals surface area contributed by atoms with Gasteiger partial charge in [0, 0.05) is 12.1 Å². The third-order valence-electron chi connectivity index (χ3n) is 1.90. The standard InChI is InChI=1S/C10H10N2O2/c11-6-2-4-7-3-1-5-8(12)9(7)10(13)14/h1,3,5H,2,4,12H2,(H,13,14). The third-order valence-corrected chi connectivity index (χ3v) is 1.90. The number of carbonyl (C=O) groups is 1. The second-order valence-corrected chi connectivity index (χ2v) is 2.84. The average Bonchev–Trinajstić information content (AvgIpc) is 2.14. The summed E-state index contributed by atoms with van der Waals surface area (Å²) in [6, 6.07) is 6.88. The van der Waals surface area contributed by atoms with E-state index in [-0.39, 0.29) is 11.3 Å². The normalized spacial score (nSPS) is 9.36. The summed E-state index contributed by atoms with van der Waals surface area (Å²) in [5.74, 6) is -1.05. The van der Waals surface area contributed by atoms with Gasteiger partial charge in [-0.3, -0.25) is 0 Å². The van der Waals surface area contributed by atoms with Crippen LogP contribution in [0.2, 0.25) is 0 Å². The monoisotopic (exact) mass is 190 g/mol. The number of nitriles is 1. The highest BCUT2D eigenvalue weighted by Gasteiger charge is 2.12. The van der Waals surface area contributed by atoms with Crippen molar-refractivity contribution in [2.75, 3.05) is 5.73 Å². The van der Waals surface area contributed by atoms with Gasteiger partial charge in [0.1, 0.15) is 0 Å². The lowest BCUT2D eigenvalue weighted by Crippen LogP contribution is -2.06. The summed E-state index contributed by atoms with van der Waals surface area (Å²) in [7, 11) is 0. The number of nitrogens with two attached hydrogens (primary N) is 1. The molecule has 0 saturated carbocycles. The average molecular weight is 190 g/mol. The molecule has 0 amide bonds. The van der Waals surface area contributed by atoms with Gasteiger partial charge in [-0.05, 0) is 18.1 Å². The number of benzene rings is 1. The van der Waals surface area contributed by atoms with E-state index in [1.807, 2.05) is 6.07 Å². The Morgan fingerprint density at radius 3 is 2.86 bits per heavy atom. The van der Waals surface area contributed by atoms with Crippen LogP contribution in [0, 0.1) is 11.3 Å². The van der Waals surface area contributed by atoms with Crippen molar-refractivity contribution < 1.29 is 9.90 Å². The Morgan fingerprint density at radius 2 is 2.29 bits per heavy atom. The van der Waals surface area contributed by atoms with Crippen molar-refractivity contribution in [2.24, 2.45) is 0 Å². The first-order valence-corrected chi connectivity index (χ1v) is 4.14. The van der Waals surface area contributed by atoms with Crippen molar-refractivity contribution in [3.8, 4) is 6.07 Å². The number of anilines is 1. The molecule has 1 aromatic carbocycles. The van der Waals surface area contributed by atoms with E-state index in [4.69, 9.17) is 16.1 Å². The molecule has 14 heavy (non-hydrogen) atoms. The Hall–Kier alpha value is -2.02. The summed E-state index contributed by atoms with van der Waals surface area (Å²) in [5.41, 5.74) is 6.50. The van der Waals surface area contributed by atoms with Gasteiger partial charge in [0.05, 0.1) is 11.6 Å². The summed E-state index contributed by atoms with van der Waals surface area (Å²) < 4.78 is 0. The number of aryl methyl sites for hydroxylation is 1. The first-order chi connectivity index (χ1) is 6.66. The molecule has 0 atom stereocenters. The highest BCUT2D eigenvalue weighted by molar-refractivity contribution is 5.95. The Kier molecular flexibility index (Phi) is 3.08.